The molecule has 0 saturated heterocycles. The van der Waals surface area contributed by atoms with Crippen LogP contribution in [-0.4, -0.2) is 44.9 Å². The van der Waals surface area contributed by atoms with E-state index in [0.29, 0.717) is 0 Å². The van der Waals surface area contributed by atoms with Crippen molar-refractivity contribution in [2.45, 2.75) is 37.7 Å². The molecule has 1 unspecified atom stereocenters. The molecular weight excluding hydrogens is 250 g/mol. The van der Waals surface area contributed by atoms with Gasteiger partial charge in [-0.1, -0.05) is 0 Å². The van der Waals surface area contributed by atoms with Gasteiger partial charge < -0.3 is 5.73 Å². The van der Waals surface area contributed by atoms with Gasteiger partial charge in [0.2, 0.25) is 0 Å². The second-order valence-electron chi connectivity index (χ2n) is 4.84. The van der Waals surface area contributed by atoms with Crippen molar-refractivity contribution in [3.63, 3.8) is 0 Å². The Morgan fingerprint density at radius 1 is 1.06 bits per heavy atom. The van der Waals surface area contributed by atoms with Gasteiger partial charge >= 0.3 is 0 Å². The lowest BCUT2D eigenvalue weighted by Gasteiger charge is -2.19. The first-order chi connectivity index (χ1) is 6.94. The standard InChI is InChI=1S/C9H21NO4S2/c1-8(7-10)15(11,12)5-6-16(13,14)9(2,3)4/h8H,5-7,10H2,1-4H3. The maximum absolute atomic E-state index is 11.7. The SMILES string of the molecule is CC(CN)S(=O)(=O)CCS(=O)(=O)C(C)(C)C. The van der Waals surface area contributed by atoms with Crippen LogP contribution in [0.5, 0.6) is 0 Å². The fourth-order valence-electron chi connectivity index (χ4n) is 0.880. The largest absolute Gasteiger partial charge is 0.329 e. The van der Waals surface area contributed by atoms with E-state index in [2.05, 4.69) is 0 Å². The highest BCUT2D eigenvalue weighted by Gasteiger charge is 2.31. The molecule has 0 aliphatic rings. The molecule has 7 heteroatoms. The maximum Gasteiger partial charge on any atom is 0.156 e. The van der Waals surface area contributed by atoms with Gasteiger partial charge in [-0.05, 0) is 27.7 Å². The number of hydrogen-bond acceptors (Lipinski definition) is 5. The zero-order valence-corrected chi connectivity index (χ0v) is 11.9. The summed E-state index contributed by atoms with van der Waals surface area (Å²) in [5, 5.41) is -0.692. The number of rotatable bonds is 5. The molecular formula is C9H21NO4S2. The average Bonchev–Trinajstić information content (AvgIpc) is 2.12. The van der Waals surface area contributed by atoms with Crippen LogP contribution in [0.4, 0.5) is 0 Å². The molecule has 0 heterocycles. The van der Waals surface area contributed by atoms with Crippen molar-refractivity contribution in [1.29, 1.82) is 0 Å². The minimum Gasteiger partial charge on any atom is -0.329 e. The molecule has 98 valence electrons. The molecule has 0 radical (unpaired) electrons. The van der Waals surface area contributed by atoms with E-state index in [0.717, 1.165) is 0 Å². The van der Waals surface area contributed by atoms with E-state index >= 15 is 0 Å². The topological polar surface area (TPSA) is 94.3 Å². The zero-order valence-electron chi connectivity index (χ0n) is 10.2. The Kier molecular flexibility index (Phi) is 4.97. The summed E-state index contributed by atoms with van der Waals surface area (Å²) in [5.74, 6) is -0.700. The summed E-state index contributed by atoms with van der Waals surface area (Å²) in [6.07, 6.45) is 0. The van der Waals surface area contributed by atoms with E-state index in [4.69, 9.17) is 5.73 Å². The Bertz CT molecular complexity index is 417. The minimum atomic E-state index is -3.41. The highest BCUT2D eigenvalue weighted by Crippen LogP contribution is 2.16. The van der Waals surface area contributed by atoms with Crippen LogP contribution in [0.1, 0.15) is 27.7 Å². The van der Waals surface area contributed by atoms with Crippen LogP contribution in [0.3, 0.4) is 0 Å². The Morgan fingerprint density at radius 3 is 1.81 bits per heavy atom. The molecule has 0 aliphatic carbocycles. The van der Waals surface area contributed by atoms with Crippen molar-refractivity contribution in [3.8, 4) is 0 Å². The summed E-state index contributed by atoms with van der Waals surface area (Å²) < 4.78 is 45.7. The first-order valence-corrected chi connectivity index (χ1v) is 8.45. The van der Waals surface area contributed by atoms with Gasteiger partial charge in [-0.15, -0.1) is 0 Å². The molecule has 0 amide bonds. The van der Waals surface area contributed by atoms with Gasteiger partial charge in [0.05, 0.1) is 21.5 Å². The number of sulfone groups is 2. The summed E-state index contributed by atoms with van der Waals surface area (Å²) in [5.41, 5.74) is 5.25. The predicted molar refractivity (Wildman–Crippen MR) is 65.8 cm³/mol. The van der Waals surface area contributed by atoms with Gasteiger partial charge in [-0.25, -0.2) is 16.8 Å². The molecule has 2 N–H and O–H groups in total. The first-order valence-electron chi connectivity index (χ1n) is 5.08. The van der Waals surface area contributed by atoms with Gasteiger partial charge in [0.15, 0.2) is 19.7 Å². The summed E-state index contributed by atoms with van der Waals surface area (Å²) in [6.45, 7) is 6.17. The van der Waals surface area contributed by atoms with Crippen LogP contribution in [-0.2, 0) is 19.7 Å². The van der Waals surface area contributed by atoms with Crippen molar-refractivity contribution in [1.82, 2.24) is 0 Å². The van der Waals surface area contributed by atoms with Crippen LogP contribution >= 0.6 is 0 Å². The lowest BCUT2D eigenvalue weighted by atomic mass is 10.3. The van der Waals surface area contributed by atoms with E-state index in [1.807, 2.05) is 0 Å². The second kappa shape index (κ2) is 5.01. The van der Waals surface area contributed by atoms with Crippen LogP contribution in [0, 0.1) is 0 Å². The molecule has 0 bridgehead atoms. The molecule has 1 atom stereocenters. The van der Waals surface area contributed by atoms with Crippen LogP contribution in [0.2, 0.25) is 0 Å². The van der Waals surface area contributed by atoms with Gasteiger partial charge in [0.1, 0.15) is 0 Å². The normalized spacial score (nSPS) is 16.1. The summed E-state index contributed by atoms with van der Waals surface area (Å²) in [6, 6.07) is 0. The van der Waals surface area contributed by atoms with Crippen molar-refractivity contribution in [3.05, 3.63) is 0 Å². The third-order valence-electron chi connectivity index (χ3n) is 2.51. The van der Waals surface area contributed by atoms with Crippen LogP contribution in [0.15, 0.2) is 0 Å². The zero-order chi connectivity index (χ0) is 13.2. The highest BCUT2D eigenvalue weighted by molar-refractivity contribution is 7.96. The summed E-state index contributed by atoms with van der Waals surface area (Å²) in [4.78, 5) is 0. The van der Waals surface area contributed by atoms with Crippen molar-refractivity contribution >= 4 is 19.7 Å². The quantitative estimate of drug-likeness (QED) is 0.757. The molecule has 0 saturated carbocycles. The second-order valence-corrected chi connectivity index (χ2v) is 10.2. The molecule has 0 aromatic carbocycles. The van der Waals surface area contributed by atoms with Crippen LogP contribution in [0.25, 0.3) is 0 Å². The minimum absolute atomic E-state index is 0.0118. The number of nitrogens with two attached hydrogens (primary N) is 1. The van der Waals surface area contributed by atoms with Crippen molar-refractivity contribution in [2.75, 3.05) is 18.1 Å². The fourth-order valence-corrected chi connectivity index (χ4v) is 3.99. The van der Waals surface area contributed by atoms with Gasteiger partial charge in [0.25, 0.3) is 0 Å². The predicted octanol–water partition coefficient (Wildman–Crippen LogP) is -0.0383. The molecule has 16 heavy (non-hydrogen) atoms. The van der Waals surface area contributed by atoms with E-state index in [1.165, 1.54) is 6.92 Å². The molecule has 0 spiro atoms. The lowest BCUT2D eigenvalue weighted by molar-refractivity contribution is 0.558. The molecule has 5 nitrogen and oxygen atoms in total. The smallest absolute Gasteiger partial charge is 0.156 e. The van der Waals surface area contributed by atoms with Gasteiger partial charge in [-0.2, -0.15) is 0 Å². The lowest BCUT2D eigenvalue weighted by Crippen LogP contribution is -2.36. The summed E-state index contributed by atoms with van der Waals surface area (Å²) >= 11 is 0. The Balaban J connectivity index is 4.73. The molecule has 0 aliphatic heterocycles. The summed E-state index contributed by atoms with van der Waals surface area (Å²) in [7, 11) is -6.80. The average molecular weight is 271 g/mol. The van der Waals surface area contributed by atoms with Gasteiger partial charge in [-0.3, -0.25) is 0 Å². The molecule has 0 rings (SSSR count). The van der Waals surface area contributed by atoms with Crippen molar-refractivity contribution in [2.24, 2.45) is 5.73 Å². The highest BCUT2D eigenvalue weighted by atomic mass is 32.2. The van der Waals surface area contributed by atoms with E-state index < -0.39 is 29.7 Å². The van der Waals surface area contributed by atoms with Crippen molar-refractivity contribution < 1.29 is 16.8 Å². The van der Waals surface area contributed by atoms with Crippen LogP contribution < -0.4 is 5.73 Å². The molecule has 0 aromatic heterocycles. The van der Waals surface area contributed by atoms with E-state index in [-0.39, 0.29) is 18.1 Å². The maximum atomic E-state index is 11.7. The van der Waals surface area contributed by atoms with E-state index in [1.54, 1.807) is 20.8 Å². The molecule has 0 fully saturated rings. The Morgan fingerprint density at radius 2 is 1.50 bits per heavy atom. The molecule has 0 aromatic rings. The fraction of sp³-hybridized carbons (Fsp3) is 1.00. The number of hydrogen-bond donors (Lipinski definition) is 1. The third-order valence-corrected chi connectivity index (χ3v) is 7.57. The van der Waals surface area contributed by atoms with E-state index in [9.17, 15) is 16.8 Å². The third kappa shape index (κ3) is 4.03. The first kappa shape index (κ1) is 15.9. The monoisotopic (exact) mass is 271 g/mol. The van der Waals surface area contributed by atoms with Gasteiger partial charge in [0, 0.05) is 6.54 Å². The Hall–Kier alpha value is -0.140. The Labute approximate surface area is 98.2 Å².